The molecule has 120 valence electrons. The Bertz CT molecular complexity index is 771. The summed E-state index contributed by atoms with van der Waals surface area (Å²) in [5.41, 5.74) is 4.63. The maximum atomic E-state index is 12.9. The number of halogens is 1. The highest BCUT2D eigenvalue weighted by molar-refractivity contribution is 14.1. The summed E-state index contributed by atoms with van der Waals surface area (Å²) in [6.07, 6.45) is 2.35. The summed E-state index contributed by atoms with van der Waals surface area (Å²) in [5.74, 6) is 0.116. The number of hydrogen-bond donors (Lipinski definition) is 0. The summed E-state index contributed by atoms with van der Waals surface area (Å²) in [7, 11) is 0. The van der Waals surface area contributed by atoms with Crippen molar-refractivity contribution in [1.29, 1.82) is 0 Å². The molecule has 2 aromatic carbocycles. The first-order valence-corrected chi connectivity index (χ1v) is 9.24. The molecule has 0 amide bonds. The smallest absolute Gasteiger partial charge is 0.193 e. The lowest BCUT2D eigenvalue weighted by Gasteiger charge is -2.42. The van der Waals surface area contributed by atoms with Gasteiger partial charge >= 0.3 is 0 Å². The van der Waals surface area contributed by atoms with Crippen molar-refractivity contribution in [3.05, 3.63) is 68.3 Å². The van der Waals surface area contributed by atoms with E-state index in [-0.39, 0.29) is 16.6 Å². The molecule has 0 saturated heterocycles. The van der Waals surface area contributed by atoms with Crippen molar-refractivity contribution in [2.45, 2.75) is 51.4 Å². The van der Waals surface area contributed by atoms with Crippen LogP contribution < -0.4 is 0 Å². The van der Waals surface area contributed by atoms with Gasteiger partial charge in [0.1, 0.15) is 0 Å². The van der Waals surface area contributed by atoms with Gasteiger partial charge in [-0.15, -0.1) is 0 Å². The first-order chi connectivity index (χ1) is 10.7. The van der Waals surface area contributed by atoms with Gasteiger partial charge in [0.05, 0.1) is 0 Å². The lowest BCUT2D eigenvalue weighted by atomic mass is 9.63. The zero-order chi connectivity index (χ0) is 16.8. The van der Waals surface area contributed by atoms with Gasteiger partial charge in [-0.3, -0.25) is 4.79 Å². The molecule has 3 rings (SSSR count). The van der Waals surface area contributed by atoms with E-state index in [2.05, 4.69) is 62.4 Å². The first-order valence-electron chi connectivity index (χ1n) is 8.16. The van der Waals surface area contributed by atoms with Crippen LogP contribution in [0.1, 0.15) is 67.6 Å². The fraction of sp³-hybridized carbons (Fsp3) is 0.381. The van der Waals surface area contributed by atoms with Gasteiger partial charge < -0.3 is 0 Å². The van der Waals surface area contributed by atoms with Crippen molar-refractivity contribution in [2.75, 3.05) is 0 Å². The Balaban J connectivity index is 2.08. The van der Waals surface area contributed by atoms with Gasteiger partial charge in [0.15, 0.2) is 5.78 Å². The van der Waals surface area contributed by atoms with E-state index in [1.54, 1.807) is 0 Å². The van der Waals surface area contributed by atoms with Gasteiger partial charge in [-0.05, 0) is 75.6 Å². The number of rotatable bonds is 2. The molecule has 23 heavy (non-hydrogen) atoms. The number of carbonyl (C=O) groups excluding carboxylic acids is 1. The summed E-state index contributed by atoms with van der Waals surface area (Å²) >= 11 is 2.25. The van der Waals surface area contributed by atoms with E-state index in [4.69, 9.17) is 0 Å². The van der Waals surface area contributed by atoms with E-state index >= 15 is 0 Å². The number of ketones is 1. The van der Waals surface area contributed by atoms with Gasteiger partial charge in [0.2, 0.25) is 0 Å². The van der Waals surface area contributed by atoms with Crippen molar-refractivity contribution in [3.63, 3.8) is 0 Å². The molecule has 0 aliphatic heterocycles. The normalized spacial score (nSPS) is 18.3. The summed E-state index contributed by atoms with van der Waals surface area (Å²) in [6.45, 7) is 9.20. The third-order valence-corrected chi connectivity index (χ3v) is 5.87. The molecule has 0 aromatic heterocycles. The quantitative estimate of drug-likeness (QED) is 0.440. The van der Waals surface area contributed by atoms with Crippen LogP contribution in [-0.4, -0.2) is 5.78 Å². The fourth-order valence-electron chi connectivity index (χ4n) is 3.53. The van der Waals surface area contributed by atoms with Gasteiger partial charge in [-0.2, -0.15) is 0 Å². The Morgan fingerprint density at radius 2 is 1.48 bits per heavy atom. The van der Waals surface area contributed by atoms with Crippen molar-refractivity contribution in [3.8, 4) is 0 Å². The molecule has 0 N–H and O–H groups in total. The summed E-state index contributed by atoms with van der Waals surface area (Å²) in [4.78, 5) is 12.9. The molecule has 1 aliphatic rings. The largest absolute Gasteiger partial charge is 0.289 e. The van der Waals surface area contributed by atoms with Crippen LogP contribution in [0.3, 0.4) is 0 Å². The first kappa shape index (κ1) is 16.7. The number of benzene rings is 2. The van der Waals surface area contributed by atoms with Crippen LogP contribution in [0.4, 0.5) is 0 Å². The lowest BCUT2D eigenvalue weighted by molar-refractivity contribution is 0.103. The molecule has 0 radical (unpaired) electrons. The Kier molecular flexibility index (Phi) is 4.16. The van der Waals surface area contributed by atoms with Gasteiger partial charge in [-0.25, -0.2) is 0 Å². The van der Waals surface area contributed by atoms with Gasteiger partial charge in [0, 0.05) is 14.7 Å². The van der Waals surface area contributed by atoms with Crippen molar-refractivity contribution < 1.29 is 4.79 Å². The summed E-state index contributed by atoms with van der Waals surface area (Å²) in [5, 5.41) is 0. The Morgan fingerprint density at radius 3 is 2.13 bits per heavy atom. The molecule has 2 aromatic rings. The lowest BCUT2D eigenvalue weighted by Crippen LogP contribution is -2.34. The van der Waals surface area contributed by atoms with Crippen LogP contribution in [0.25, 0.3) is 0 Å². The minimum Gasteiger partial charge on any atom is -0.289 e. The van der Waals surface area contributed by atoms with Crippen LogP contribution in [0.5, 0.6) is 0 Å². The Morgan fingerprint density at radius 1 is 0.870 bits per heavy atom. The number of carbonyl (C=O) groups is 1. The second-order valence-corrected chi connectivity index (χ2v) is 9.11. The minimum absolute atomic E-state index is 0.116. The monoisotopic (exact) mass is 418 g/mol. The predicted molar refractivity (Wildman–Crippen MR) is 104 cm³/mol. The van der Waals surface area contributed by atoms with Crippen molar-refractivity contribution in [1.82, 2.24) is 0 Å². The molecular weight excluding hydrogens is 395 g/mol. The van der Waals surface area contributed by atoms with Crippen LogP contribution >= 0.6 is 22.6 Å². The highest BCUT2D eigenvalue weighted by Gasteiger charge is 2.37. The van der Waals surface area contributed by atoms with Gasteiger partial charge in [0.25, 0.3) is 0 Å². The van der Waals surface area contributed by atoms with Crippen LogP contribution in [0.15, 0.2) is 42.5 Å². The highest BCUT2D eigenvalue weighted by atomic mass is 127. The maximum Gasteiger partial charge on any atom is 0.193 e. The van der Waals surface area contributed by atoms with E-state index in [9.17, 15) is 4.79 Å². The molecule has 0 spiro atoms. The topological polar surface area (TPSA) is 17.1 Å². The third-order valence-electron chi connectivity index (χ3n) is 5.20. The molecular formula is C21H23IO. The molecule has 0 bridgehead atoms. The molecule has 0 saturated carbocycles. The maximum absolute atomic E-state index is 12.9. The second kappa shape index (κ2) is 5.73. The standard InChI is InChI=1S/C21H23IO/c1-20(2)10-11-21(3,4)18-13-15(8-9-17(18)20)19(23)14-6-5-7-16(22)12-14/h5-9,12-13H,10-11H2,1-4H3. The third kappa shape index (κ3) is 3.10. The molecule has 0 atom stereocenters. The van der Waals surface area contributed by atoms with Crippen molar-refractivity contribution >= 4 is 28.4 Å². The molecule has 2 heteroatoms. The SMILES string of the molecule is CC1(C)CCC(C)(C)c2cc(C(=O)c3cccc(I)c3)ccc21. The van der Waals surface area contributed by atoms with Crippen LogP contribution in [0, 0.1) is 3.57 Å². The minimum atomic E-state index is 0.116. The average molecular weight is 418 g/mol. The molecule has 0 heterocycles. The Hall–Kier alpha value is -1.16. The van der Waals surface area contributed by atoms with Crippen LogP contribution in [-0.2, 0) is 10.8 Å². The van der Waals surface area contributed by atoms with E-state index in [1.165, 1.54) is 17.5 Å². The van der Waals surface area contributed by atoms with Gasteiger partial charge in [-0.1, -0.05) is 52.0 Å². The van der Waals surface area contributed by atoms with E-state index < -0.39 is 0 Å². The zero-order valence-electron chi connectivity index (χ0n) is 14.2. The Labute approximate surface area is 152 Å². The summed E-state index contributed by atoms with van der Waals surface area (Å²) in [6, 6.07) is 14.1. The zero-order valence-corrected chi connectivity index (χ0v) is 16.4. The molecule has 0 fully saturated rings. The highest BCUT2D eigenvalue weighted by Crippen LogP contribution is 2.46. The molecule has 1 nitrogen and oxygen atoms in total. The van der Waals surface area contributed by atoms with E-state index in [1.807, 2.05) is 30.3 Å². The average Bonchev–Trinajstić information content (AvgIpc) is 2.51. The summed E-state index contributed by atoms with van der Waals surface area (Å²) < 4.78 is 1.09. The molecule has 0 unspecified atom stereocenters. The number of fused-ring (bicyclic) bond motifs is 1. The number of hydrogen-bond acceptors (Lipinski definition) is 1. The van der Waals surface area contributed by atoms with Crippen LogP contribution in [0.2, 0.25) is 0 Å². The predicted octanol–water partition coefficient (Wildman–Crippen LogP) is 5.87. The fourth-order valence-corrected chi connectivity index (χ4v) is 4.07. The molecule has 1 aliphatic carbocycles. The van der Waals surface area contributed by atoms with E-state index in [0.29, 0.717) is 0 Å². The van der Waals surface area contributed by atoms with Crippen molar-refractivity contribution in [2.24, 2.45) is 0 Å². The van der Waals surface area contributed by atoms with E-state index in [0.717, 1.165) is 21.1 Å². The second-order valence-electron chi connectivity index (χ2n) is 7.87.